The Morgan fingerprint density at radius 1 is 1.30 bits per heavy atom. The van der Waals surface area contributed by atoms with Crippen LogP contribution in [0.25, 0.3) is 0 Å². The number of aromatic nitrogens is 1. The summed E-state index contributed by atoms with van der Waals surface area (Å²) in [5, 5.41) is 0.170. The standard InChI is InChI=1S/C13H15ClN2O3S/c14-12-11(2-1-6-15-12)13(17)16(9-3-4-9)10-5-7-20(18,19)8-10/h1-2,6,9-10H,3-5,7-8H2/t10-/m1/s1. The summed E-state index contributed by atoms with van der Waals surface area (Å²) in [6, 6.07) is 3.22. The van der Waals surface area contributed by atoms with Crippen LogP contribution in [0.5, 0.6) is 0 Å². The molecular formula is C13H15ClN2O3S. The molecule has 0 aromatic carbocycles. The van der Waals surface area contributed by atoms with Gasteiger partial charge in [0.1, 0.15) is 5.15 Å². The van der Waals surface area contributed by atoms with Crippen LogP contribution >= 0.6 is 11.6 Å². The van der Waals surface area contributed by atoms with E-state index in [-0.39, 0.29) is 34.6 Å². The Balaban J connectivity index is 1.88. The van der Waals surface area contributed by atoms with Gasteiger partial charge in [-0.1, -0.05) is 11.6 Å². The highest BCUT2D eigenvalue weighted by molar-refractivity contribution is 7.91. The van der Waals surface area contributed by atoms with Gasteiger partial charge >= 0.3 is 0 Å². The predicted molar refractivity (Wildman–Crippen MR) is 75.5 cm³/mol. The number of hydrogen-bond acceptors (Lipinski definition) is 4. The minimum Gasteiger partial charge on any atom is -0.332 e. The summed E-state index contributed by atoms with van der Waals surface area (Å²) >= 11 is 5.97. The SMILES string of the molecule is O=C(c1cccnc1Cl)N(C1CC1)[C@@H]1CCS(=O)(=O)C1. The van der Waals surface area contributed by atoms with Crippen LogP contribution in [0.4, 0.5) is 0 Å². The van der Waals surface area contributed by atoms with Crippen LogP contribution < -0.4 is 0 Å². The quantitative estimate of drug-likeness (QED) is 0.793. The van der Waals surface area contributed by atoms with Gasteiger partial charge in [0.2, 0.25) is 0 Å². The number of hydrogen-bond donors (Lipinski definition) is 0. The largest absolute Gasteiger partial charge is 0.332 e. The minimum atomic E-state index is -3.01. The zero-order valence-corrected chi connectivity index (χ0v) is 12.4. The number of carbonyl (C=O) groups excluding carboxylic acids is 1. The molecule has 0 unspecified atom stereocenters. The van der Waals surface area contributed by atoms with Crippen LogP contribution in [0.2, 0.25) is 5.15 Å². The maximum absolute atomic E-state index is 12.7. The normalized spacial score (nSPS) is 24.6. The molecule has 1 aromatic rings. The third-order valence-corrected chi connectivity index (χ3v) is 5.82. The summed E-state index contributed by atoms with van der Waals surface area (Å²) in [6.07, 6.45) is 3.91. The molecule has 1 aliphatic carbocycles. The lowest BCUT2D eigenvalue weighted by Gasteiger charge is -2.28. The van der Waals surface area contributed by atoms with Crippen LogP contribution in [0, 0.1) is 0 Å². The van der Waals surface area contributed by atoms with Gasteiger partial charge in [0.25, 0.3) is 5.91 Å². The van der Waals surface area contributed by atoms with Crippen molar-refractivity contribution in [3.05, 3.63) is 29.0 Å². The van der Waals surface area contributed by atoms with Crippen molar-refractivity contribution in [2.75, 3.05) is 11.5 Å². The van der Waals surface area contributed by atoms with Gasteiger partial charge in [-0.3, -0.25) is 4.79 Å². The van der Waals surface area contributed by atoms with Gasteiger partial charge in [-0.05, 0) is 31.4 Å². The second-order valence-electron chi connectivity index (χ2n) is 5.34. The molecule has 1 amide bonds. The van der Waals surface area contributed by atoms with Gasteiger partial charge in [-0.15, -0.1) is 0 Å². The second kappa shape index (κ2) is 5.00. The fourth-order valence-electron chi connectivity index (χ4n) is 2.66. The third kappa shape index (κ3) is 2.67. The molecule has 108 valence electrons. The Hall–Kier alpha value is -1.14. The van der Waals surface area contributed by atoms with Crippen LogP contribution in [0.1, 0.15) is 29.6 Å². The molecular weight excluding hydrogens is 300 g/mol. The minimum absolute atomic E-state index is 0.0626. The number of nitrogens with zero attached hydrogens (tertiary/aromatic N) is 2. The highest BCUT2D eigenvalue weighted by Gasteiger charge is 2.42. The first-order valence-electron chi connectivity index (χ1n) is 6.61. The Morgan fingerprint density at radius 2 is 2.05 bits per heavy atom. The van der Waals surface area contributed by atoms with E-state index in [0.29, 0.717) is 12.0 Å². The van der Waals surface area contributed by atoms with Crippen molar-refractivity contribution in [2.24, 2.45) is 0 Å². The summed E-state index contributed by atoms with van der Waals surface area (Å²) in [7, 11) is -3.01. The monoisotopic (exact) mass is 314 g/mol. The number of sulfone groups is 1. The Kier molecular flexibility index (Phi) is 3.46. The number of carbonyl (C=O) groups is 1. The van der Waals surface area contributed by atoms with E-state index in [9.17, 15) is 13.2 Å². The van der Waals surface area contributed by atoms with E-state index in [2.05, 4.69) is 4.98 Å². The number of pyridine rings is 1. The molecule has 1 aromatic heterocycles. The lowest BCUT2D eigenvalue weighted by Crippen LogP contribution is -2.42. The van der Waals surface area contributed by atoms with E-state index in [1.807, 2.05) is 0 Å². The van der Waals surface area contributed by atoms with Crippen LogP contribution in [0.15, 0.2) is 18.3 Å². The molecule has 7 heteroatoms. The maximum Gasteiger partial charge on any atom is 0.257 e. The Labute approximate surface area is 122 Å². The smallest absolute Gasteiger partial charge is 0.257 e. The maximum atomic E-state index is 12.7. The average molecular weight is 315 g/mol. The van der Waals surface area contributed by atoms with Crippen molar-refractivity contribution >= 4 is 27.3 Å². The molecule has 0 spiro atoms. The molecule has 3 rings (SSSR count). The molecule has 0 radical (unpaired) electrons. The van der Waals surface area contributed by atoms with Gasteiger partial charge in [-0.25, -0.2) is 13.4 Å². The fourth-order valence-corrected chi connectivity index (χ4v) is 4.57. The predicted octanol–water partition coefficient (Wildman–Crippen LogP) is 1.53. The van der Waals surface area contributed by atoms with E-state index in [0.717, 1.165) is 12.8 Å². The summed E-state index contributed by atoms with van der Waals surface area (Å²) < 4.78 is 23.3. The Bertz CT molecular complexity index is 643. The number of amides is 1. The highest BCUT2D eigenvalue weighted by Crippen LogP contribution is 2.34. The molecule has 2 heterocycles. The first-order valence-corrected chi connectivity index (χ1v) is 8.81. The topological polar surface area (TPSA) is 67.3 Å². The van der Waals surface area contributed by atoms with Crippen molar-refractivity contribution in [1.82, 2.24) is 9.88 Å². The number of halogens is 1. The zero-order valence-electron chi connectivity index (χ0n) is 10.8. The second-order valence-corrected chi connectivity index (χ2v) is 7.93. The molecule has 1 atom stereocenters. The summed E-state index contributed by atoms with van der Waals surface area (Å²) in [4.78, 5) is 18.3. The lowest BCUT2D eigenvalue weighted by atomic mass is 10.1. The molecule has 1 saturated carbocycles. The van der Waals surface area contributed by atoms with Crippen LogP contribution in [0.3, 0.4) is 0 Å². The van der Waals surface area contributed by atoms with Crippen molar-refractivity contribution in [2.45, 2.75) is 31.3 Å². The van der Waals surface area contributed by atoms with Gasteiger partial charge < -0.3 is 4.90 Å². The molecule has 2 aliphatic rings. The summed E-state index contributed by atoms with van der Waals surface area (Å²) in [5.74, 6) is 0.0231. The van der Waals surface area contributed by atoms with E-state index in [1.54, 1.807) is 17.0 Å². The summed E-state index contributed by atoms with van der Waals surface area (Å²) in [6.45, 7) is 0. The van der Waals surface area contributed by atoms with E-state index < -0.39 is 9.84 Å². The molecule has 0 N–H and O–H groups in total. The van der Waals surface area contributed by atoms with Crippen LogP contribution in [-0.4, -0.2) is 47.8 Å². The van der Waals surface area contributed by atoms with E-state index in [1.165, 1.54) is 6.20 Å². The first-order chi connectivity index (χ1) is 9.48. The molecule has 1 saturated heterocycles. The van der Waals surface area contributed by atoms with Gasteiger partial charge in [0.05, 0.1) is 17.1 Å². The Morgan fingerprint density at radius 3 is 2.60 bits per heavy atom. The third-order valence-electron chi connectivity index (χ3n) is 3.77. The molecule has 0 bridgehead atoms. The average Bonchev–Trinajstić information content (AvgIpc) is 3.15. The van der Waals surface area contributed by atoms with Crippen molar-refractivity contribution in [1.29, 1.82) is 0 Å². The zero-order chi connectivity index (χ0) is 14.3. The fraction of sp³-hybridized carbons (Fsp3) is 0.538. The lowest BCUT2D eigenvalue weighted by molar-refractivity contribution is 0.0680. The van der Waals surface area contributed by atoms with Gasteiger partial charge in [0.15, 0.2) is 9.84 Å². The molecule has 1 aliphatic heterocycles. The van der Waals surface area contributed by atoms with Gasteiger partial charge in [0, 0.05) is 18.3 Å². The molecule has 20 heavy (non-hydrogen) atoms. The molecule has 5 nitrogen and oxygen atoms in total. The number of rotatable bonds is 3. The summed E-state index contributed by atoms with van der Waals surface area (Å²) in [5.41, 5.74) is 0.352. The first kappa shape index (κ1) is 13.8. The van der Waals surface area contributed by atoms with Gasteiger partial charge in [-0.2, -0.15) is 0 Å². The molecule has 2 fully saturated rings. The van der Waals surface area contributed by atoms with E-state index in [4.69, 9.17) is 11.6 Å². The van der Waals surface area contributed by atoms with E-state index >= 15 is 0 Å². The van der Waals surface area contributed by atoms with Crippen molar-refractivity contribution < 1.29 is 13.2 Å². The van der Waals surface area contributed by atoms with Crippen molar-refractivity contribution in [3.63, 3.8) is 0 Å². The highest BCUT2D eigenvalue weighted by atomic mass is 35.5. The van der Waals surface area contributed by atoms with Crippen LogP contribution in [-0.2, 0) is 9.84 Å². The van der Waals surface area contributed by atoms with Crippen molar-refractivity contribution in [3.8, 4) is 0 Å².